The average molecular weight is 298 g/mol. The van der Waals surface area contributed by atoms with E-state index in [0.29, 0.717) is 6.42 Å². The van der Waals surface area contributed by atoms with Gasteiger partial charge in [0.2, 0.25) is 0 Å². The van der Waals surface area contributed by atoms with Crippen molar-refractivity contribution in [1.82, 2.24) is 0 Å². The number of ether oxygens (including phenoxy) is 1. The van der Waals surface area contributed by atoms with Gasteiger partial charge in [-0.25, -0.2) is 0 Å². The van der Waals surface area contributed by atoms with E-state index in [2.05, 4.69) is 6.92 Å². The Morgan fingerprint density at radius 2 is 1.43 bits per heavy atom. The Labute approximate surface area is 130 Å². The van der Waals surface area contributed by atoms with Crippen LogP contribution in [-0.4, -0.2) is 18.9 Å². The molecular formula is C18H34O3. The smallest absolute Gasteiger partial charge is 0.316 e. The quantitative estimate of drug-likeness (QED) is 0.275. The van der Waals surface area contributed by atoms with Crippen molar-refractivity contribution in [3.05, 3.63) is 0 Å². The summed E-state index contributed by atoms with van der Waals surface area (Å²) in [6.07, 6.45) is 11.6. The van der Waals surface area contributed by atoms with Crippen LogP contribution in [0.25, 0.3) is 0 Å². The number of carbonyl (C=O) groups is 2. The van der Waals surface area contributed by atoms with E-state index < -0.39 is 5.92 Å². The fourth-order valence-electron chi connectivity index (χ4n) is 2.70. The van der Waals surface area contributed by atoms with Gasteiger partial charge in [-0.3, -0.25) is 9.59 Å². The van der Waals surface area contributed by atoms with Gasteiger partial charge in [0.05, 0.1) is 7.11 Å². The topological polar surface area (TPSA) is 43.4 Å². The summed E-state index contributed by atoms with van der Waals surface area (Å²) < 4.78 is 4.70. The van der Waals surface area contributed by atoms with E-state index in [0.717, 1.165) is 12.8 Å². The van der Waals surface area contributed by atoms with Crippen molar-refractivity contribution in [3.8, 4) is 0 Å². The largest absolute Gasteiger partial charge is 0.468 e. The molecule has 21 heavy (non-hydrogen) atoms. The van der Waals surface area contributed by atoms with Crippen LogP contribution < -0.4 is 0 Å². The van der Waals surface area contributed by atoms with Crippen molar-refractivity contribution >= 4 is 11.8 Å². The van der Waals surface area contributed by atoms with Gasteiger partial charge in [-0.15, -0.1) is 0 Å². The van der Waals surface area contributed by atoms with Crippen molar-refractivity contribution in [1.29, 1.82) is 0 Å². The maximum Gasteiger partial charge on any atom is 0.316 e. The lowest BCUT2D eigenvalue weighted by molar-refractivity contribution is -0.150. The molecule has 0 N–H and O–H groups in total. The summed E-state index contributed by atoms with van der Waals surface area (Å²) in [5.74, 6) is -0.939. The second kappa shape index (κ2) is 12.8. The highest BCUT2D eigenvalue weighted by atomic mass is 16.5. The molecular weight excluding hydrogens is 264 g/mol. The molecule has 0 bridgehead atoms. The number of Topliss-reactive ketones (excluding diaryl/α,β-unsaturated/α-hetero) is 1. The summed E-state index contributed by atoms with van der Waals surface area (Å²) in [6.45, 7) is 6.04. The number of hydrogen-bond donors (Lipinski definition) is 0. The van der Waals surface area contributed by atoms with Crippen LogP contribution in [0, 0.1) is 11.8 Å². The molecule has 0 radical (unpaired) electrons. The molecule has 0 fully saturated rings. The van der Waals surface area contributed by atoms with Gasteiger partial charge >= 0.3 is 5.97 Å². The second-order valence-electron chi connectivity index (χ2n) is 6.05. The molecule has 0 aromatic carbocycles. The summed E-state index contributed by atoms with van der Waals surface area (Å²) in [5, 5.41) is 0. The lowest BCUT2D eigenvalue weighted by Gasteiger charge is -2.16. The second-order valence-corrected chi connectivity index (χ2v) is 6.05. The number of rotatable bonds is 13. The Kier molecular flexibility index (Phi) is 12.3. The van der Waals surface area contributed by atoms with Crippen LogP contribution in [0.5, 0.6) is 0 Å². The normalized spacial score (nSPS) is 13.7. The first kappa shape index (κ1) is 20.1. The Morgan fingerprint density at radius 1 is 0.905 bits per heavy atom. The van der Waals surface area contributed by atoms with E-state index in [-0.39, 0.29) is 17.7 Å². The highest BCUT2D eigenvalue weighted by Crippen LogP contribution is 2.19. The highest BCUT2D eigenvalue weighted by Gasteiger charge is 2.28. The zero-order valence-electron chi connectivity index (χ0n) is 14.5. The van der Waals surface area contributed by atoms with Crippen LogP contribution in [0.15, 0.2) is 0 Å². The Bertz CT molecular complexity index is 286. The molecule has 0 aromatic rings. The van der Waals surface area contributed by atoms with Gasteiger partial charge < -0.3 is 4.74 Å². The highest BCUT2D eigenvalue weighted by molar-refractivity contribution is 5.99. The molecule has 124 valence electrons. The summed E-state index contributed by atoms with van der Waals surface area (Å²) in [6, 6.07) is 0. The van der Waals surface area contributed by atoms with Gasteiger partial charge in [0, 0.05) is 5.92 Å². The lowest BCUT2D eigenvalue weighted by atomic mass is 9.88. The fourth-order valence-corrected chi connectivity index (χ4v) is 2.70. The minimum absolute atomic E-state index is 0.0332. The zero-order valence-corrected chi connectivity index (χ0v) is 14.5. The van der Waals surface area contributed by atoms with Crippen LogP contribution in [-0.2, 0) is 14.3 Å². The van der Waals surface area contributed by atoms with Crippen molar-refractivity contribution < 1.29 is 14.3 Å². The van der Waals surface area contributed by atoms with E-state index >= 15 is 0 Å². The molecule has 3 heteroatoms. The number of unbranched alkanes of at least 4 members (excludes halogenated alkanes) is 7. The van der Waals surface area contributed by atoms with Gasteiger partial charge in [-0.2, -0.15) is 0 Å². The zero-order chi connectivity index (χ0) is 16.1. The van der Waals surface area contributed by atoms with Gasteiger partial charge in [-0.1, -0.05) is 72.1 Å². The number of methoxy groups -OCH3 is 1. The monoisotopic (exact) mass is 298 g/mol. The minimum atomic E-state index is -0.570. The standard InChI is InChI=1S/C18H34O3/c1-5-7-8-9-10-11-12-13-14-15(3)17(19)16(6-2)18(20)21-4/h15-16H,5-14H2,1-4H3/t15-,16-/m1/s1. The van der Waals surface area contributed by atoms with Gasteiger partial charge in [-0.05, 0) is 12.8 Å². The SMILES string of the molecule is CCCCCCCCCC[C@@H](C)C(=O)[C@@H](CC)C(=O)OC. The third-order valence-electron chi connectivity index (χ3n) is 4.21. The lowest BCUT2D eigenvalue weighted by Crippen LogP contribution is -2.29. The van der Waals surface area contributed by atoms with Crippen molar-refractivity contribution in [2.45, 2.75) is 85.0 Å². The van der Waals surface area contributed by atoms with Crippen molar-refractivity contribution in [2.75, 3.05) is 7.11 Å². The molecule has 0 saturated heterocycles. The molecule has 0 heterocycles. The maximum absolute atomic E-state index is 12.2. The van der Waals surface area contributed by atoms with Crippen molar-refractivity contribution in [3.63, 3.8) is 0 Å². The molecule has 0 saturated carbocycles. The molecule has 0 rings (SSSR count). The van der Waals surface area contributed by atoms with Crippen LogP contribution in [0.4, 0.5) is 0 Å². The van der Waals surface area contributed by atoms with E-state index in [1.165, 1.54) is 52.1 Å². The molecule has 0 aromatic heterocycles. The third-order valence-corrected chi connectivity index (χ3v) is 4.21. The maximum atomic E-state index is 12.2. The van der Waals surface area contributed by atoms with Gasteiger partial charge in [0.25, 0.3) is 0 Å². The summed E-state index contributed by atoms with van der Waals surface area (Å²) in [5.41, 5.74) is 0. The van der Waals surface area contributed by atoms with Crippen LogP contribution in [0.2, 0.25) is 0 Å². The van der Waals surface area contributed by atoms with Gasteiger partial charge in [0.15, 0.2) is 0 Å². The fraction of sp³-hybridized carbons (Fsp3) is 0.889. The Hall–Kier alpha value is -0.860. The molecule has 0 aliphatic rings. The van der Waals surface area contributed by atoms with Crippen molar-refractivity contribution in [2.24, 2.45) is 11.8 Å². The predicted octanol–water partition coefficient (Wildman–Crippen LogP) is 4.92. The number of ketones is 1. The van der Waals surface area contributed by atoms with Crippen LogP contribution in [0.3, 0.4) is 0 Å². The Morgan fingerprint density at radius 3 is 1.90 bits per heavy atom. The molecule has 0 aliphatic heterocycles. The molecule has 0 unspecified atom stereocenters. The van der Waals surface area contributed by atoms with E-state index in [1.807, 2.05) is 13.8 Å². The molecule has 0 amide bonds. The van der Waals surface area contributed by atoms with Gasteiger partial charge in [0.1, 0.15) is 11.7 Å². The molecule has 0 aliphatic carbocycles. The first-order valence-corrected chi connectivity index (χ1v) is 8.69. The van der Waals surface area contributed by atoms with E-state index in [9.17, 15) is 9.59 Å². The van der Waals surface area contributed by atoms with Crippen LogP contribution in [0.1, 0.15) is 85.0 Å². The third kappa shape index (κ3) is 8.90. The number of hydrogen-bond acceptors (Lipinski definition) is 3. The van der Waals surface area contributed by atoms with E-state index in [1.54, 1.807) is 0 Å². The molecule has 0 spiro atoms. The summed E-state index contributed by atoms with van der Waals surface area (Å²) in [7, 11) is 1.35. The first-order chi connectivity index (χ1) is 10.1. The van der Waals surface area contributed by atoms with Crippen LogP contribution >= 0.6 is 0 Å². The minimum Gasteiger partial charge on any atom is -0.468 e. The first-order valence-electron chi connectivity index (χ1n) is 8.69. The summed E-state index contributed by atoms with van der Waals surface area (Å²) >= 11 is 0. The Balaban J connectivity index is 3.80. The molecule has 2 atom stereocenters. The summed E-state index contributed by atoms with van der Waals surface area (Å²) in [4.78, 5) is 23.8. The number of esters is 1. The van der Waals surface area contributed by atoms with E-state index in [4.69, 9.17) is 4.74 Å². The average Bonchev–Trinajstić information content (AvgIpc) is 2.49. The predicted molar refractivity (Wildman–Crippen MR) is 87.2 cm³/mol. The molecule has 3 nitrogen and oxygen atoms in total. The number of carbonyl (C=O) groups excluding carboxylic acids is 2.